The number of quaternary nitrogens is 1. The van der Waals surface area contributed by atoms with Crippen LogP contribution in [-0.2, 0) is 18.4 Å². The molecule has 0 spiro atoms. The van der Waals surface area contributed by atoms with Crippen LogP contribution < -0.4 is 10.2 Å². The van der Waals surface area contributed by atoms with Crippen molar-refractivity contribution in [1.29, 1.82) is 0 Å². The molecule has 0 heterocycles. The Balaban J connectivity index is 4.38. The molecule has 0 aromatic carbocycles. The Labute approximate surface area is 395 Å². The molecule has 1 amide bonds. The van der Waals surface area contributed by atoms with Gasteiger partial charge in [-0.25, -0.2) is 0 Å². The van der Waals surface area contributed by atoms with Gasteiger partial charge in [0, 0.05) is 6.42 Å². The van der Waals surface area contributed by atoms with Gasteiger partial charge in [0.25, 0.3) is 7.82 Å². The molecule has 0 radical (unpaired) electrons. The number of carbonyl (C=O) groups excluding carboxylic acids is 1. The molecule has 3 atom stereocenters. The first-order valence-electron chi connectivity index (χ1n) is 25.9. The highest BCUT2D eigenvalue weighted by molar-refractivity contribution is 7.45. The molecule has 0 aromatic rings. The van der Waals surface area contributed by atoms with E-state index in [1.165, 1.54) is 116 Å². The average molecular weight is 915 g/mol. The second-order valence-corrected chi connectivity index (χ2v) is 19.9. The summed E-state index contributed by atoms with van der Waals surface area (Å²) in [5.74, 6) is -0.255. The van der Waals surface area contributed by atoms with Gasteiger partial charge in [0.05, 0.1) is 39.9 Å². The highest BCUT2D eigenvalue weighted by Crippen LogP contribution is 2.38. The summed E-state index contributed by atoms with van der Waals surface area (Å²) in [6, 6.07) is -0.936. The lowest BCUT2D eigenvalue weighted by atomic mass is 10.0. The first kappa shape index (κ1) is 61.7. The van der Waals surface area contributed by atoms with Crippen LogP contribution in [0.2, 0.25) is 0 Å². The van der Waals surface area contributed by atoms with Gasteiger partial charge in [-0.1, -0.05) is 202 Å². The van der Waals surface area contributed by atoms with Crippen molar-refractivity contribution >= 4 is 13.7 Å². The van der Waals surface area contributed by atoms with Crippen molar-refractivity contribution in [2.24, 2.45) is 0 Å². The summed E-state index contributed by atoms with van der Waals surface area (Å²) in [6.45, 7) is 4.46. The second-order valence-electron chi connectivity index (χ2n) is 18.5. The van der Waals surface area contributed by atoms with E-state index in [-0.39, 0.29) is 18.9 Å². The molecule has 0 aliphatic heterocycles. The number of carbonyl (C=O) groups is 1. The lowest BCUT2D eigenvalue weighted by molar-refractivity contribution is -0.870. The fourth-order valence-electron chi connectivity index (χ4n) is 7.00. The fraction of sp³-hybridized carbons (Fsp3) is 0.727. The van der Waals surface area contributed by atoms with Crippen molar-refractivity contribution in [3.63, 3.8) is 0 Å². The SMILES string of the molecule is CC/C=C\C/C=C\C/C=C\C/C=C\CCCCC(=O)NC(COP(=O)([O-])OCC[N+](C)(C)C)C(O)/C=C/CC/C=C/CC/C=C/CCCCCCCCCCCCCCCCCCC. The zero-order chi connectivity index (χ0) is 47.1. The molecule has 0 bridgehead atoms. The maximum atomic E-state index is 12.9. The number of hydrogen-bond donors (Lipinski definition) is 2. The van der Waals surface area contributed by atoms with Gasteiger partial charge < -0.3 is 28.8 Å². The van der Waals surface area contributed by atoms with Gasteiger partial charge >= 0.3 is 0 Å². The van der Waals surface area contributed by atoms with E-state index in [4.69, 9.17) is 9.05 Å². The van der Waals surface area contributed by atoms with Gasteiger partial charge in [-0.2, -0.15) is 0 Å². The Morgan fingerprint density at radius 3 is 1.45 bits per heavy atom. The minimum absolute atomic E-state index is 0.0214. The Kier molecular flexibility index (Phi) is 44.2. The Morgan fingerprint density at radius 2 is 0.969 bits per heavy atom. The number of aliphatic hydroxyl groups is 1. The summed E-state index contributed by atoms with van der Waals surface area (Å²) in [5, 5.41) is 13.8. The number of amides is 1. The zero-order valence-electron chi connectivity index (χ0n) is 42.0. The van der Waals surface area contributed by atoms with Crippen molar-refractivity contribution in [1.82, 2.24) is 5.32 Å². The van der Waals surface area contributed by atoms with Gasteiger partial charge in [-0.3, -0.25) is 9.36 Å². The normalized spacial score (nSPS) is 14.8. The Hall–Kier alpha value is -2.32. The van der Waals surface area contributed by atoms with Crippen LogP contribution in [0.4, 0.5) is 0 Å². The minimum atomic E-state index is -4.62. The molecule has 2 N–H and O–H groups in total. The van der Waals surface area contributed by atoms with E-state index in [0.29, 0.717) is 17.4 Å². The first-order chi connectivity index (χ1) is 31.0. The third-order valence-corrected chi connectivity index (χ3v) is 12.0. The van der Waals surface area contributed by atoms with E-state index in [0.717, 1.165) is 64.2 Å². The number of phosphoric ester groups is 1. The maximum absolute atomic E-state index is 12.9. The fourth-order valence-corrected chi connectivity index (χ4v) is 7.72. The van der Waals surface area contributed by atoms with Crippen LogP contribution in [0.1, 0.15) is 206 Å². The van der Waals surface area contributed by atoms with Crippen LogP contribution in [0.25, 0.3) is 0 Å². The van der Waals surface area contributed by atoms with E-state index in [2.05, 4.69) is 92.1 Å². The first-order valence-corrected chi connectivity index (χ1v) is 27.4. The molecule has 0 saturated carbocycles. The van der Waals surface area contributed by atoms with Gasteiger partial charge in [-0.15, -0.1) is 0 Å². The van der Waals surface area contributed by atoms with Crippen molar-refractivity contribution in [2.45, 2.75) is 219 Å². The third-order valence-electron chi connectivity index (χ3n) is 11.1. The molecular weight excluding hydrogens is 816 g/mol. The maximum Gasteiger partial charge on any atom is 0.268 e. The smallest absolute Gasteiger partial charge is 0.268 e. The molecule has 3 unspecified atom stereocenters. The summed E-state index contributed by atoms with van der Waals surface area (Å²) in [5.41, 5.74) is 0. The van der Waals surface area contributed by atoms with Crippen molar-refractivity contribution < 1.29 is 32.9 Å². The van der Waals surface area contributed by atoms with Crippen LogP contribution in [0, 0.1) is 0 Å². The van der Waals surface area contributed by atoms with E-state index >= 15 is 0 Å². The van der Waals surface area contributed by atoms with Crippen molar-refractivity contribution in [2.75, 3.05) is 40.9 Å². The van der Waals surface area contributed by atoms with Crippen molar-refractivity contribution in [3.05, 3.63) is 85.1 Å². The van der Waals surface area contributed by atoms with E-state index in [9.17, 15) is 19.4 Å². The van der Waals surface area contributed by atoms with Crippen molar-refractivity contribution in [3.8, 4) is 0 Å². The highest BCUT2D eigenvalue weighted by Gasteiger charge is 2.23. The number of hydrogen-bond acceptors (Lipinski definition) is 6. The summed E-state index contributed by atoms with van der Waals surface area (Å²) >= 11 is 0. The van der Waals surface area contributed by atoms with E-state index in [1.54, 1.807) is 6.08 Å². The molecule has 0 aliphatic carbocycles. The second kappa shape index (κ2) is 45.8. The number of unbranched alkanes of at least 4 members (excludes halogenated alkanes) is 21. The van der Waals surface area contributed by atoms with E-state index in [1.807, 2.05) is 27.2 Å². The lowest BCUT2D eigenvalue weighted by Crippen LogP contribution is -2.45. The lowest BCUT2D eigenvalue weighted by Gasteiger charge is -2.29. The quantitative estimate of drug-likeness (QED) is 0.0273. The number of allylic oxidation sites excluding steroid dienone is 13. The summed E-state index contributed by atoms with van der Waals surface area (Å²) in [4.78, 5) is 25.3. The average Bonchev–Trinajstić information content (AvgIpc) is 3.25. The number of aliphatic hydroxyl groups excluding tert-OH is 1. The number of phosphoric acid groups is 1. The summed E-state index contributed by atoms with van der Waals surface area (Å²) < 4.78 is 23.2. The molecule has 9 heteroatoms. The molecule has 0 fully saturated rings. The molecule has 370 valence electrons. The standard InChI is InChI=1S/C55H99N2O6P/c1-6-8-10-12-14-16-18-20-22-23-24-25-26-27-28-29-30-31-32-33-35-36-38-40-42-44-46-48-54(58)53(52-63-64(60,61)62-51-50-57(3,4)5)56-55(59)49-47-45-43-41-39-37-34-21-19-17-15-13-11-9-7-2/h9,11,15,17,21,32-34,38-41,46,48,53-54,58H,6-8,10,12-14,16,18-20,22-31,35-37,42-45,47,49-52H2,1-5H3,(H-,56,59,60,61)/b11-9-,17-15-,33-32+,34-21-,40-38+,41-39-,48-46+. The Bertz CT molecular complexity index is 1310. The number of rotatable bonds is 46. The number of nitrogens with zero attached hydrogens (tertiary/aromatic N) is 1. The van der Waals surface area contributed by atoms with Gasteiger partial charge in [0.2, 0.25) is 5.91 Å². The molecule has 64 heavy (non-hydrogen) atoms. The molecule has 0 rings (SSSR count). The number of nitrogens with one attached hydrogen (secondary N) is 1. The van der Waals surface area contributed by atoms with Crippen LogP contribution in [0.3, 0.4) is 0 Å². The highest BCUT2D eigenvalue weighted by atomic mass is 31.2. The van der Waals surface area contributed by atoms with Crippen LogP contribution in [0.15, 0.2) is 85.1 Å². The predicted octanol–water partition coefficient (Wildman–Crippen LogP) is 14.7. The summed E-state index contributed by atoms with van der Waals surface area (Å²) in [7, 11) is 1.20. The largest absolute Gasteiger partial charge is 0.756 e. The zero-order valence-corrected chi connectivity index (χ0v) is 42.8. The van der Waals surface area contributed by atoms with Gasteiger partial charge in [-0.05, 0) is 83.5 Å². The summed E-state index contributed by atoms with van der Waals surface area (Å²) in [6.07, 6.45) is 63.8. The molecule has 8 nitrogen and oxygen atoms in total. The van der Waals surface area contributed by atoms with Gasteiger partial charge in [0.15, 0.2) is 0 Å². The molecular formula is C55H99N2O6P. The topological polar surface area (TPSA) is 108 Å². The molecule has 0 aromatic heterocycles. The number of likely N-dealkylation sites (N-methyl/N-ethyl adjacent to an activating group) is 1. The third kappa shape index (κ3) is 47.6. The minimum Gasteiger partial charge on any atom is -0.756 e. The van der Waals surface area contributed by atoms with Crippen LogP contribution >= 0.6 is 7.82 Å². The van der Waals surface area contributed by atoms with Crippen LogP contribution in [0.5, 0.6) is 0 Å². The molecule has 0 aliphatic rings. The van der Waals surface area contributed by atoms with Crippen LogP contribution in [-0.4, -0.2) is 68.5 Å². The monoisotopic (exact) mass is 915 g/mol. The van der Waals surface area contributed by atoms with Gasteiger partial charge in [0.1, 0.15) is 13.2 Å². The van der Waals surface area contributed by atoms with E-state index < -0.39 is 26.6 Å². The molecule has 0 saturated heterocycles. The Morgan fingerprint density at radius 1 is 0.562 bits per heavy atom. The predicted molar refractivity (Wildman–Crippen MR) is 274 cm³/mol.